The van der Waals surface area contributed by atoms with Crippen molar-refractivity contribution in [3.05, 3.63) is 47.6 Å². The van der Waals surface area contributed by atoms with Crippen LogP contribution < -0.4 is 5.43 Å². The molecule has 4 aromatic rings. The molecule has 23 heavy (non-hydrogen) atoms. The molecule has 0 spiro atoms. The third-order valence-electron chi connectivity index (χ3n) is 3.12. The molecule has 8 nitrogen and oxygen atoms in total. The van der Waals surface area contributed by atoms with Crippen molar-refractivity contribution < 1.29 is 5.11 Å². The van der Waals surface area contributed by atoms with Crippen LogP contribution in [0, 0.1) is 0 Å². The molecule has 0 radical (unpaired) electrons. The number of nitrogens with one attached hydrogen (secondary N) is 2. The first-order valence-electron chi connectivity index (χ1n) is 6.71. The van der Waals surface area contributed by atoms with E-state index in [1.54, 1.807) is 12.4 Å². The van der Waals surface area contributed by atoms with E-state index >= 15 is 0 Å². The maximum absolute atomic E-state index is 9.70. The van der Waals surface area contributed by atoms with Gasteiger partial charge in [-0.25, -0.2) is 9.97 Å². The fourth-order valence-electron chi connectivity index (χ4n) is 2.09. The number of hydrazone groups is 1. The second kappa shape index (κ2) is 5.54. The molecular weight excluding hydrogens is 314 g/mol. The molecule has 1 aromatic carbocycles. The topological polar surface area (TPSA) is 104 Å². The molecule has 0 atom stereocenters. The zero-order chi connectivity index (χ0) is 15.6. The van der Waals surface area contributed by atoms with Gasteiger partial charge in [0.25, 0.3) is 0 Å². The number of nitrogens with zero attached hydrogens (tertiary/aromatic N) is 5. The standard InChI is InChI=1S/C14H11N7OS/c22-12-3-4-17-21(12)13-18-10-2-1-9(7-11(10)19-13)8-16-20-14-15-5-6-23-14/h1-8,22H,(H,15,20)(H,18,19)/b16-8+. The van der Waals surface area contributed by atoms with Crippen LogP contribution in [0.4, 0.5) is 5.13 Å². The Balaban J connectivity index is 1.60. The van der Waals surface area contributed by atoms with Crippen LogP contribution in [0.15, 0.2) is 47.1 Å². The van der Waals surface area contributed by atoms with Crippen molar-refractivity contribution >= 4 is 33.7 Å². The average molecular weight is 325 g/mol. The van der Waals surface area contributed by atoms with Crippen molar-refractivity contribution in [3.8, 4) is 11.8 Å². The molecule has 0 amide bonds. The Morgan fingerprint density at radius 1 is 1.30 bits per heavy atom. The second-order valence-electron chi connectivity index (χ2n) is 4.65. The number of aromatic hydroxyl groups is 1. The molecule has 0 fully saturated rings. The Bertz CT molecular complexity index is 970. The van der Waals surface area contributed by atoms with E-state index in [4.69, 9.17) is 0 Å². The van der Waals surface area contributed by atoms with Crippen LogP contribution in [-0.4, -0.2) is 36.1 Å². The Morgan fingerprint density at radius 3 is 3.04 bits per heavy atom. The first-order chi connectivity index (χ1) is 11.3. The SMILES string of the molecule is Oc1ccnn1-c1nc2cc(/C=N/Nc3nccs3)ccc2[nH]1. The number of rotatable bonds is 4. The number of hydrogen-bond donors (Lipinski definition) is 3. The predicted molar refractivity (Wildman–Crippen MR) is 88.2 cm³/mol. The molecule has 0 aliphatic carbocycles. The predicted octanol–water partition coefficient (Wildman–Crippen LogP) is 2.36. The lowest BCUT2D eigenvalue weighted by atomic mass is 10.2. The van der Waals surface area contributed by atoms with Gasteiger partial charge in [0.2, 0.25) is 17.0 Å². The van der Waals surface area contributed by atoms with E-state index in [0.29, 0.717) is 5.95 Å². The van der Waals surface area contributed by atoms with E-state index in [1.165, 1.54) is 28.3 Å². The molecule has 0 aliphatic heterocycles. The van der Waals surface area contributed by atoms with Gasteiger partial charge >= 0.3 is 0 Å². The lowest BCUT2D eigenvalue weighted by Gasteiger charge is -1.95. The van der Waals surface area contributed by atoms with E-state index in [1.807, 2.05) is 23.6 Å². The van der Waals surface area contributed by atoms with Crippen LogP contribution in [0.5, 0.6) is 5.88 Å². The molecule has 3 N–H and O–H groups in total. The molecule has 0 saturated carbocycles. The lowest BCUT2D eigenvalue weighted by molar-refractivity contribution is 0.430. The third-order valence-corrected chi connectivity index (χ3v) is 3.80. The van der Waals surface area contributed by atoms with Crippen molar-refractivity contribution in [1.29, 1.82) is 0 Å². The summed E-state index contributed by atoms with van der Waals surface area (Å²) < 4.78 is 1.33. The van der Waals surface area contributed by atoms with E-state index in [9.17, 15) is 5.11 Å². The summed E-state index contributed by atoms with van der Waals surface area (Å²) in [6, 6.07) is 7.20. The number of H-pyrrole nitrogens is 1. The van der Waals surface area contributed by atoms with E-state index in [2.05, 4.69) is 30.6 Å². The third kappa shape index (κ3) is 2.64. The zero-order valence-corrected chi connectivity index (χ0v) is 12.5. The molecule has 9 heteroatoms. The highest BCUT2D eigenvalue weighted by Gasteiger charge is 2.08. The van der Waals surface area contributed by atoms with Crippen LogP contribution in [0.3, 0.4) is 0 Å². The Hall–Kier alpha value is -3.20. The maximum atomic E-state index is 9.70. The smallest absolute Gasteiger partial charge is 0.232 e. The minimum absolute atomic E-state index is 0.0264. The lowest BCUT2D eigenvalue weighted by Crippen LogP contribution is -1.97. The van der Waals surface area contributed by atoms with Gasteiger partial charge in [-0.1, -0.05) is 6.07 Å². The molecule has 0 unspecified atom stereocenters. The van der Waals surface area contributed by atoms with Crippen molar-refractivity contribution in [2.45, 2.75) is 0 Å². The van der Waals surface area contributed by atoms with Crippen LogP contribution in [0.25, 0.3) is 17.0 Å². The molecule has 0 aliphatic rings. The number of anilines is 1. The molecule has 0 saturated heterocycles. The van der Waals surface area contributed by atoms with Crippen LogP contribution >= 0.6 is 11.3 Å². The molecule has 4 rings (SSSR count). The number of imidazole rings is 1. The molecule has 3 aromatic heterocycles. The van der Waals surface area contributed by atoms with Crippen molar-refractivity contribution in [2.75, 3.05) is 5.43 Å². The fourth-order valence-corrected chi connectivity index (χ4v) is 2.57. The Morgan fingerprint density at radius 2 is 2.26 bits per heavy atom. The van der Waals surface area contributed by atoms with E-state index in [-0.39, 0.29) is 5.88 Å². The van der Waals surface area contributed by atoms with Gasteiger partial charge in [0.15, 0.2) is 0 Å². The number of fused-ring (bicyclic) bond motifs is 1. The van der Waals surface area contributed by atoms with Crippen molar-refractivity contribution in [2.24, 2.45) is 5.10 Å². The van der Waals surface area contributed by atoms with Crippen molar-refractivity contribution in [3.63, 3.8) is 0 Å². The summed E-state index contributed by atoms with van der Waals surface area (Å²) in [5.41, 5.74) is 5.36. The number of hydrogen-bond acceptors (Lipinski definition) is 7. The fraction of sp³-hybridized carbons (Fsp3) is 0. The number of thiazole rings is 1. The molecule has 3 heterocycles. The minimum atomic E-state index is 0.0264. The van der Waals surface area contributed by atoms with Gasteiger partial charge in [-0.05, 0) is 17.7 Å². The summed E-state index contributed by atoms with van der Waals surface area (Å²) in [7, 11) is 0. The first-order valence-corrected chi connectivity index (χ1v) is 7.59. The highest BCUT2D eigenvalue weighted by Crippen LogP contribution is 2.18. The van der Waals surface area contributed by atoms with Gasteiger partial charge in [0.1, 0.15) is 0 Å². The van der Waals surface area contributed by atoms with Gasteiger partial charge in [-0.2, -0.15) is 14.9 Å². The summed E-state index contributed by atoms with van der Waals surface area (Å²) in [4.78, 5) is 11.6. The summed E-state index contributed by atoms with van der Waals surface area (Å²) >= 11 is 1.48. The van der Waals surface area contributed by atoms with Crippen molar-refractivity contribution in [1.82, 2.24) is 24.7 Å². The molecular formula is C14H11N7OS. The van der Waals surface area contributed by atoms with Gasteiger partial charge in [-0.15, -0.1) is 11.3 Å². The summed E-state index contributed by atoms with van der Waals surface area (Å²) in [6.07, 6.45) is 4.91. The van der Waals surface area contributed by atoms with Crippen LogP contribution in [0.1, 0.15) is 5.56 Å². The summed E-state index contributed by atoms with van der Waals surface area (Å²) in [5.74, 6) is 0.482. The minimum Gasteiger partial charge on any atom is -0.493 e. The number of aromatic nitrogens is 5. The van der Waals surface area contributed by atoms with Crippen LogP contribution in [0.2, 0.25) is 0 Å². The molecule has 114 valence electrons. The monoisotopic (exact) mass is 325 g/mol. The van der Waals surface area contributed by atoms with Crippen LogP contribution in [-0.2, 0) is 0 Å². The second-order valence-corrected chi connectivity index (χ2v) is 5.54. The molecule has 0 bridgehead atoms. The summed E-state index contributed by atoms with van der Waals surface area (Å²) in [5, 5.41) is 20.5. The average Bonchev–Trinajstić information content (AvgIpc) is 3.26. The highest BCUT2D eigenvalue weighted by molar-refractivity contribution is 7.13. The van der Waals surface area contributed by atoms with E-state index in [0.717, 1.165) is 21.7 Å². The number of benzene rings is 1. The Labute approximate surface area is 134 Å². The maximum Gasteiger partial charge on any atom is 0.232 e. The normalized spacial score (nSPS) is 11.5. The zero-order valence-electron chi connectivity index (χ0n) is 11.7. The Kier molecular flexibility index (Phi) is 3.24. The van der Waals surface area contributed by atoms with Gasteiger partial charge in [-0.3, -0.25) is 5.43 Å². The highest BCUT2D eigenvalue weighted by atomic mass is 32.1. The largest absolute Gasteiger partial charge is 0.493 e. The number of aromatic amines is 1. The van der Waals surface area contributed by atoms with E-state index < -0.39 is 0 Å². The van der Waals surface area contributed by atoms with Gasteiger partial charge < -0.3 is 10.1 Å². The summed E-state index contributed by atoms with van der Waals surface area (Å²) in [6.45, 7) is 0. The van der Waals surface area contributed by atoms with Gasteiger partial charge in [0, 0.05) is 17.6 Å². The first kappa shape index (κ1) is 13.5. The van der Waals surface area contributed by atoms with Gasteiger partial charge in [0.05, 0.1) is 23.4 Å². The quantitative estimate of drug-likeness (QED) is 0.395.